The minimum absolute atomic E-state index is 0. The fourth-order valence-corrected chi connectivity index (χ4v) is 6.70. The van der Waals surface area contributed by atoms with Gasteiger partial charge in [0.15, 0.2) is 0 Å². The van der Waals surface area contributed by atoms with Gasteiger partial charge in [-0.05, 0) is 79.4 Å². The van der Waals surface area contributed by atoms with Gasteiger partial charge in [0.25, 0.3) is 5.91 Å². The van der Waals surface area contributed by atoms with Crippen molar-refractivity contribution in [1.82, 2.24) is 10.2 Å². The fourth-order valence-electron chi connectivity index (χ4n) is 5.60. The molecule has 0 radical (unpaired) electrons. The van der Waals surface area contributed by atoms with Gasteiger partial charge >= 0.3 is 0 Å². The number of carbonyl (C=O) groups is 1. The topological polar surface area (TPSA) is 35.6 Å². The maximum Gasteiger partial charge on any atom is 0.261 e. The molecule has 33 heavy (non-hydrogen) atoms. The molecule has 4 nitrogen and oxygen atoms in total. The van der Waals surface area contributed by atoms with Crippen LogP contribution in [0.15, 0.2) is 48.5 Å². The van der Waals surface area contributed by atoms with E-state index >= 15 is 0 Å². The van der Waals surface area contributed by atoms with Crippen LogP contribution in [-0.4, -0.2) is 49.6 Å². The third kappa shape index (κ3) is 4.74. The highest BCUT2D eigenvalue weighted by Crippen LogP contribution is 2.36. The molecule has 2 aromatic carbocycles. The number of anilines is 1. The minimum atomic E-state index is 0. The van der Waals surface area contributed by atoms with E-state index in [0.29, 0.717) is 12.0 Å². The summed E-state index contributed by atoms with van der Waals surface area (Å²) in [5, 5.41) is 4.51. The van der Waals surface area contributed by atoms with Crippen LogP contribution < -0.4 is 10.2 Å². The standard InChI is InChI=1S/C26H29N3OS.2ClH/c30-26(27-23-17-28-14-10-19(23)11-15-28)24-16-20-4-3-5-22(25(20)31-24)18-6-8-21(9-7-18)29-12-1-2-13-29;;/h3-9,16,19,23H,1-2,10-15,17H2,(H,27,30);2*1H/t23-;;/m0../s1. The molecule has 0 spiro atoms. The van der Waals surface area contributed by atoms with E-state index in [4.69, 9.17) is 0 Å². The smallest absolute Gasteiger partial charge is 0.261 e. The summed E-state index contributed by atoms with van der Waals surface area (Å²) in [6.07, 6.45) is 5.02. The number of carbonyl (C=O) groups excluding carboxylic acids is 1. The molecule has 4 aliphatic rings. The van der Waals surface area contributed by atoms with Gasteiger partial charge in [0.2, 0.25) is 0 Å². The zero-order valence-corrected chi connectivity index (χ0v) is 21.1. The average Bonchev–Trinajstić information content (AvgIpc) is 3.50. The monoisotopic (exact) mass is 503 g/mol. The van der Waals surface area contributed by atoms with Gasteiger partial charge in [-0.3, -0.25) is 4.79 Å². The number of amides is 1. The Labute approximate surface area is 212 Å². The van der Waals surface area contributed by atoms with E-state index in [2.05, 4.69) is 63.6 Å². The fraction of sp³-hybridized carbons (Fsp3) is 0.423. The molecule has 4 fully saturated rings. The molecule has 1 aromatic heterocycles. The molecule has 1 N–H and O–H groups in total. The molecule has 0 unspecified atom stereocenters. The van der Waals surface area contributed by atoms with Gasteiger partial charge in [-0.2, -0.15) is 0 Å². The minimum Gasteiger partial charge on any atom is -0.372 e. The molecular formula is C26H31Cl2N3OS. The second kappa shape index (κ2) is 10.2. The van der Waals surface area contributed by atoms with Crippen molar-refractivity contribution < 1.29 is 4.79 Å². The first-order valence-corrected chi connectivity index (χ1v) is 12.5. The zero-order chi connectivity index (χ0) is 20.8. The third-order valence-corrected chi connectivity index (χ3v) is 8.57. The second-order valence-electron chi connectivity index (χ2n) is 9.29. The number of nitrogens with zero attached hydrogens (tertiary/aromatic N) is 2. The highest BCUT2D eigenvalue weighted by atomic mass is 35.5. The number of rotatable bonds is 4. The lowest BCUT2D eigenvalue weighted by Gasteiger charge is -2.44. The molecule has 3 aromatic rings. The Kier molecular flexibility index (Phi) is 7.54. The molecule has 4 aliphatic heterocycles. The number of halogens is 2. The largest absolute Gasteiger partial charge is 0.372 e. The highest BCUT2D eigenvalue weighted by molar-refractivity contribution is 7.21. The molecule has 1 amide bonds. The Bertz CT molecular complexity index is 1100. The lowest BCUT2D eigenvalue weighted by atomic mass is 9.84. The summed E-state index contributed by atoms with van der Waals surface area (Å²) in [7, 11) is 0. The average molecular weight is 505 g/mol. The molecule has 0 aliphatic carbocycles. The van der Waals surface area contributed by atoms with E-state index < -0.39 is 0 Å². The van der Waals surface area contributed by atoms with E-state index in [9.17, 15) is 4.79 Å². The number of piperidine rings is 3. The van der Waals surface area contributed by atoms with E-state index in [1.165, 1.54) is 60.3 Å². The molecular weight excluding hydrogens is 473 g/mol. The lowest BCUT2D eigenvalue weighted by molar-refractivity contribution is 0.0622. The molecule has 176 valence electrons. The van der Waals surface area contributed by atoms with E-state index in [1.54, 1.807) is 11.3 Å². The van der Waals surface area contributed by atoms with Gasteiger partial charge < -0.3 is 15.1 Å². The Hall–Kier alpha value is -1.79. The van der Waals surface area contributed by atoms with Gasteiger partial charge in [-0.25, -0.2) is 0 Å². The highest BCUT2D eigenvalue weighted by Gasteiger charge is 2.35. The predicted octanol–water partition coefficient (Wildman–Crippen LogP) is 5.84. The van der Waals surface area contributed by atoms with Crippen molar-refractivity contribution in [3.05, 3.63) is 53.4 Å². The zero-order valence-electron chi connectivity index (χ0n) is 18.7. The Morgan fingerprint density at radius 1 is 0.939 bits per heavy atom. The maximum atomic E-state index is 13.1. The summed E-state index contributed by atoms with van der Waals surface area (Å²) in [5.74, 6) is 0.739. The van der Waals surface area contributed by atoms with E-state index in [-0.39, 0.29) is 30.7 Å². The summed E-state index contributed by atoms with van der Waals surface area (Å²) in [5.41, 5.74) is 3.76. The van der Waals surface area contributed by atoms with Crippen molar-refractivity contribution in [2.24, 2.45) is 5.92 Å². The van der Waals surface area contributed by atoms with Crippen molar-refractivity contribution in [2.45, 2.75) is 31.7 Å². The van der Waals surface area contributed by atoms with Crippen molar-refractivity contribution in [3.8, 4) is 11.1 Å². The van der Waals surface area contributed by atoms with Crippen LogP contribution in [0, 0.1) is 5.92 Å². The maximum absolute atomic E-state index is 13.1. The van der Waals surface area contributed by atoms with Crippen LogP contribution in [-0.2, 0) is 0 Å². The second-order valence-corrected chi connectivity index (χ2v) is 10.3. The van der Waals surface area contributed by atoms with Crippen LogP contribution in [0.5, 0.6) is 0 Å². The third-order valence-electron chi connectivity index (χ3n) is 7.39. The summed E-state index contributed by atoms with van der Waals surface area (Å²) in [6.45, 7) is 5.73. The molecule has 2 bridgehead atoms. The number of hydrogen-bond donors (Lipinski definition) is 1. The molecule has 7 rings (SSSR count). The van der Waals surface area contributed by atoms with Crippen LogP contribution in [0.3, 0.4) is 0 Å². The molecule has 7 heteroatoms. The summed E-state index contributed by atoms with van der Waals surface area (Å²) in [6, 6.07) is 17.7. The number of hydrogen-bond acceptors (Lipinski definition) is 4. The quantitative estimate of drug-likeness (QED) is 0.485. The SMILES string of the molecule is Cl.Cl.O=C(N[C@H]1CN2CCC1CC2)c1cc2cccc(-c3ccc(N4CCCC4)cc3)c2s1. The Balaban J connectivity index is 0.00000130. The van der Waals surface area contributed by atoms with Crippen molar-refractivity contribution in [1.29, 1.82) is 0 Å². The predicted molar refractivity (Wildman–Crippen MR) is 144 cm³/mol. The lowest BCUT2D eigenvalue weighted by Crippen LogP contribution is -2.57. The molecule has 4 saturated heterocycles. The van der Waals surface area contributed by atoms with Crippen LogP contribution in [0.4, 0.5) is 5.69 Å². The number of fused-ring (bicyclic) bond motifs is 4. The first-order valence-electron chi connectivity index (χ1n) is 11.7. The first kappa shape index (κ1) is 24.3. The van der Waals surface area contributed by atoms with Gasteiger partial charge in [0, 0.05) is 36.1 Å². The van der Waals surface area contributed by atoms with Gasteiger partial charge in [-0.15, -0.1) is 36.2 Å². The number of benzene rings is 2. The first-order chi connectivity index (χ1) is 15.2. The van der Waals surface area contributed by atoms with E-state index in [0.717, 1.165) is 29.9 Å². The number of nitrogens with one attached hydrogen (secondary N) is 1. The Morgan fingerprint density at radius 2 is 1.67 bits per heavy atom. The van der Waals surface area contributed by atoms with Crippen LogP contribution in [0.1, 0.15) is 35.4 Å². The normalized spacial score (nSPS) is 23.8. The molecule has 5 heterocycles. The molecule has 0 saturated carbocycles. The Morgan fingerprint density at radius 3 is 2.33 bits per heavy atom. The van der Waals surface area contributed by atoms with Gasteiger partial charge in [0.1, 0.15) is 0 Å². The summed E-state index contributed by atoms with van der Waals surface area (Å²) >= 11 is 1.63. The van der Waals surface area contributed by atoms with Gasteiger partial charge in [0.05, 0.1) is 4.88 Å². The van der Waals surface area contributed by atoms with E-state index in [1.807, 2.05) is 0 Å². The van der Waals surface area contributed by atoms with Crippen LogP contribution >= 0.6 is 36.2 Å². The van der Waals surface area contributed by atoms with Crippen molar-refractivity contribution in [3.63, 3.8) is 0 Å². The summed E-state index contributed by atoms with van der Waals surface area (Å²) < 4.78 is 1.20. The number of thiophene rings is 1. The van der Waals surface area contributed by atoms with Gasteiger partial charge in [-0.1, -0.05) is 30.3 Å². The van der Waals surface area contributed by atoms with Crippen molar-refractivity contribution >= 4 is 57.8 Å². The van der Waals surface area contributed by atoms with Crippen LogP contribution in [0.25, 0.3) is 21.2 Å². The molecule has 1 atom stereocenters. The van der Waals surface area contributed by atoms with Crippen molar-refractivity contribution in [2.75, 3.05) is 37.6 Å². The van der Waals surface area contributed by atoms with Crippen LogP contribution in [0.2, 0.25) is 0 Å². The summed E-state index contributed by atoms with van der Waals surface area (Å²) in [4.78, 5) is 18.9.